The zero-order valence-corrected chi connectivity index (χ0v) is 11.9. The summed E-state index contributed by atoms with van der Waals surface area (Å²) in [5.74, 6) is 0.865. The maximum absolute atomic E-state index is 5.57. The Morgan fingerprint density at radius 3 is 2.76 bits per heavy atom. The van der Waals surface area contributed by atoms with E-state index in [-0.39, 0.29) is 0 Å². The van der Waals surface area contributed by atoms with Crippen LogP contribution in [0.5, 0.6) is 0 Å². The van der Waals surface area contributed by atoms with Crippen molar-refractivity contribution in [2.45, 2.75) is 12.8 Å². The Balaban J connectivity index is 1.81. The van der Waals surface area contributed by atoms with Crippen LogP contribution in [0.15, 0.2) is 60.7 Å². The predicted molar refractivity (Wildman–Crippen MR) is 88.8 cm³/mol. The lowest BCUT2D eigenvalue weighted by Crippen LogP contribution is -2.00. The van der Waals surface area contributed by atoms with Crippen molar-refractivity contribution in [3.05, 3.63) is 66.2 Å². The first kappa shape index (κ1) is 13.6. The maximum Gasteiger partial charge on any atom is 0.131 e. The third-order valence-electron chi connectivity index (χ3n) is 3.47. The minimum atomic E-state index is 0.726. The molecule has 3 nitrogen and oxygen atoms in total. The van der Waals surface area contributed by atoms with Gasteiger partial charge in [0.05, 0.1) is 5.52 Å². The largest absolute Gasteiger partial charge is 0.340 e. The molecule has 0 saturated heterocycles. The molecule has 0 radical (unpaired) electrons. The van der Waals surface area contributed by atoms with Crippen LogP contribution < -0.4 is 11.1 Å². The van der Waals surface area contributed by atoms with Crippen LogP contribution in [-0.2, 0) is 6.42 Å². The van der Waals surface area contributed by atoms with E-state index in [9.17, 15) is 0 Å². The molecular weight excluding hydrogens is 258 g/mol. The van der Waals surface area contributed by atoms with Gasteiger partial charge in [0.1, 0.15) is 5.82 Å². The van der Waals surface area contributed by atoms with E-state index in [4.69, 9.17) is 5.73 Å². The number of para-hydroxylation sites is 1. The smallest absolute Gasteiger partial charge is 0.131 e. The number of nitrogens with zero attached hydrogens (tertiary/aromatic N) is 1. The van der Waals surface area contributed by atoms with Gasteiger partial charge in [0.2, 0.25) is 0 Å². The molecule has 106 valence electrons. The van der Waals surface area contributed by atoms with Gasteiger partial charge >= 0.3 is 0 Å². The monoisotopic (exact) mass is 277 g/mol. The fraction of sp³-hybridized carbons (Fsp3) is 0.167. The molecule has 0 aliphatic carbocycles. The molecule has 2 aromatic carbocycles. The molecule has 0 amide bonds. The summed E-state index contributed by atoms with van der Waals surface area (Å²) in [4.78, 5) is 4.63. The number of fused-ring (bicyclic) bond motifs is 1. The fourth-order valence-electron chi connectivity index (χ4n) is 2.39. The van der Waals surface area contributed by atoms with Crippen molar-refractivity contribution >= 4 is 22.4 Å². The van der Waals surface area contributed by atoms with Crippen LogP contribution in [0, 0.1) is 0 Å². The Morgan fingerprint density at radius 1 is 0.952 bits per heavy atom. The first-order valence-corrected chi connectivity index (χ1v) is 7.27. The lowest BCUT2D eigenvalue weighted by molar-refractivity contribution is 0.833. The van der Waals surface area contributed by atoms with Crippen molar-refractivity contribution in [1.82, 2.24) is 4.98 Å². The van der Waals surface area contributed by atoms with Gasteiger partial charge in [0, 0.05) is 11.1 Å². The Morgan fingerprint density at radius 2 is 1.86 bits per heavy atom. The number of hydrogen-bond acceptors (Lipinski definition) is 3. The highest BCUT2D eigenvalue weighted by molar-refractivity contribution is 5.80. The molecule has 3 rings (SSSR count). The number of nitrogens with one attached hydrogen (secondary N) is 1. The van der Waals surface area contributed by atoms with Crippen molar-refractivity contribution in [2.24, 2.45) is 5.73 Å². The third-order valence-corrected chi connectivity index (χ3v) is 3.47. The second kappa shape index (κ2) is 6.37. The van der Waals surface area contributed by atoms with Gasteiger partial charge in [-0.2, -0.15) is 0 Å². The molecule has 0 saturated carbocycles. The summed E-state index contributed by atoms with van der Waals surface area (Å²) in [7, 11) is 0. The van der Waals surface area contributed by atoms with Crippen LogP contribution in [-0.4, -0.2) is 11.5 Å². The van der Waals surface area contributed by atoms with E-state index in [1.54, 1.807) is 0 Å². The molecular formula is C18H19N3. The maximum atomic E-state index is 5.57. The highest BCUT2D eigenvalue weighted by Crippen LogP contribution is 2.20. The van der Waals surface area contributed by atoms with E-state index in [0.29, 0.717) is 0 Å². The molecule has 0 unspecified atom stereocenters. The van der Waals surface area contributed by atoms with Gasteiger partial charge in [0.15, 0.2) is 0 Å². The summed E-state index contributed by atoms with van der Waals surface area (Å²) in [6, 6.07) is 20.6. The molecule has 0 bridgehead atoms. The quantitative estimate of drug-likeness (QED) is 0.744. The third kappa shape index (κ3) is 3.38. The van der Waals surface area contributed by atoms with Gasteiger partial charge in [-0.3, -0.25) is 0 Å². The molecule has 0 aliphatic heterocycles. The fourth-order valence-corrected chi connectivity index (χ4v) is 2.39. The van der Waals surface area contributed by atoms with E-state index in [1.165, 1.54) is 5.56 Å². The molecule has 3 heteroatoms. The van der Waals surface area contributed by atoms with Crippen LogP contribution in [0.2, 0.25) is 0 Å². The average molecular weight is 277 g/mol. The number of pyridine rings is 1. The van der Waals surface area contributed by atoms with Crippen molar-refractivity contribution < 1.29 is 0 Å². The summed E-state index contributed by atoms with van der Waals surface area (Å²) < 4.78 is 0. The minimum Gasteiger partial charge on any atom is -0.340 e. The minimum absolute atomic E-state index is 0.726. The first-order chi connectivity index (χ1) is 10.3. The lowest BCUT2D eigenvalue weighted by atomic mass is 10.1. The number of benzene rings is 2. The van der Waals surface area contributed by atoms with Gasteiger partial charge in [-0.1, -0.05) is 30.3 Å². The van der Waals surface area contributed by atoms with Crippen molar-refractivity contribution in [3.8, 4) is 0 Å². The highest BCUT2D eigenvalue weighted by Gasteiger charge is 2.00. The zero-order chi connectivity index (χ0) is 14.5. The van der Waals surface area contributed by atoms with E-state index in [2.05, 4.69) is 46.7 Å². The highest BCUT2D eigenvalue weighted by atomic mass is 15.0. The number of nitrogens with two attached hydrogens (primary N) is 1. The zero-order valence-electron chi connectivity index (χ0n) is 11.9. The van der Waals surface area contributed by atoms with Gasteiger partial charge in [-0.25, -0.2) is 4.98 Å². The van der Waals surface area contributed by atoms with Crippen LogP contribution in [0.3, 0.4) is 0 Å². The summed E-state index contributed by atoms with van der Waals surface area (Å²) in [6.45, 7) is 0.726. The number of anilines is 2. The van der Waals surface area contributed by atoms with E-state index in [0.717, 1.165) is 41.8 Å². The Bertz CT molecular complexity index is 737. The molecule has 21 heavy (non-hydrogen) atoms. The van der Waals surface area contributed by atoms with E-state index in [1.807, 2.05) is 24.3 Å². The SMILES string of the molecule is NCCCc1cccc(Nc2ccc3ccccc3n2)c1. The Hall–Kier alpha value is -2.39. The summed E-state index contributed by atoms with van der Waals surface area (Å²) in [6.07, 6.45) is 2.02. The molecule has 0 spiro atoms. The number of aromatic nitrogens is 1. The van der Waals surface area contributed by atoms with Crippen LogP contribution >= 0.6 is 0 Å². The topological polar surface area (TPSA) is 50.9 Å². The van der Waals surface area contributed by atoms with Crippen molar-refractivity contribution in [3.63, 3.8) is 0 Å². The first-order valence-electron chi connectivity index (χ1n) is 7.27. The van der Waals surface area contributed by atoms with Gasteiger partial charge in [-0.15, -0.1) is 0 Å². The van der Waals surface area contributed by atoms with E-state index >= 15 is 0 Å². The van der Waals surface area contributed by atoms with Gasteiger partial charge in [-0.05, 0) is 55.3 Å². The molecule has 0 atom stereocenters. The molecule has 0 aliphatic rings. The standard InChI is InChI=1S/C18H19N3/c19-12-4-6-14-5-3-8-16(13-14)20-18-11-10-15-7-1-2-9-17(15)21-18/h1-3,5,7-11,13H,4,6,12,19H2,(H,20,21). The van der Waals surface area contributed by atoms with Crippen LogP contribution in [0.4, 0.5) is 11.5 Å². The molecule has 3 aromatic rings. The van der Waals surface area contributed by atoms with Gasteiger partial charge in [0.25, 0.3) is 0 Å². The van der Waals surface area contributed by atoms with Crippen LogP contribution in [0.1, 0.15) is 12.0 Å². The van der Waals surface area contributed by atoms with Gasteiger partial charge < -0.3 is 11.1 Å². The van der Waals surface area contributed by atoms with Crippen molar-refractivity contribution in [1.29, 1.82) is 0 Å². The second-order valence-electron chi connectivity index (χ2n) is 5.11. The normalized spacial score (nSPS) is 10.7. The Labute approximate surface area is 124 Å². The summed E-state index contributed by atoms with van der Waals surface area (Å²) in [5.41, 5.74) is 8.93. The van der Waals surface area contributed by atoms with E-state index < -0.39 is 0 Å². The van der Waals surface area contributed by atoms with Crippen molar-refractivity contribution in [2.75, 3.05) is 11.9 Å². The lowest BCUT2D eigenvalue weighted by Gasteiger charge is -2.08. The van der Waals surface area contributed by atoms with Crippen LogP contribution in [0.25, 0.3) is 10.9 Å². The molecule has 1 heterocycles. The summed E-state index contributed by atoms with van der Waals surface area (Å²) >= 11 is 0. The summed E-state index contributed by atoms with van der Waals surface area (Å²) in [5, 5.41) is 4.52. The molecule has 1 aromatic heterocycles. The number of aryl methyl sites for hydroxylation is 1. The average Bonchev–Trinajstić information content (AvgIpc) is 2.53. The second-order valence-corrected chi connectivity index (χ2v) is 5.11. The molecule has 3 N–H and O–H groups in total. The Kier molecular flexibility index (Phi) is 4.12. The number of rotatable bonds is 5. The number of hydrogen-bond donors (Lipinski definition) is 2. The molecule has 0 fully saturated rings. The predicted octanol–water partition coefficient (Wildman–Crippen LogP) is 3.87.